The lowest BCUT2D eigenvalue weighted by Gasteiger charge is -2.10. The lowest BCUT2D eigenvalue weighted by Crippen LogP contribution is -2.34. The first-order chi connectivity index (χ1) is 5.54. The Kier molecular flexibility index (Phi) is 3.56. The van der Waals surface area contributed by atoms with E-state index in [9.17, 15) is 26.4 Å². The van der Waals surface area contributed by atoms with Crippen LogP contribution in [0.3, 0.4) is 0 Å². The predicted octanol–water partition coefficient (Wildman–Crippen LogP) is 0.659. The van der Waals surface area contributed by atoms with E-state index in [-0.39, 0.29) is 0 Å². The van der Waals surface area contributed by atoms with Gasteiger partial charge < -0.3 is 4.18 Å². The Morgan fingerprint density at radius 3 is 2.15 bits per heavy atom. The van der Waals surface area contributed by atoms with Crippen molar-refractivity contribution in [2.75, 3.05) is 6.26 Å². The summed E-state index contributed by atoms with van der Waals surface area (Å²) in [5, 5.41) is -4.48. The Morgan fingerprint density at radius 1 is 1.54 bits per heavy atom. The van der Waals surface area contributed by atoms with Crippen LogP contribution < -0.4 is 0 Å². The third-order valence-electron chi connectivity index (χ3n) is 0.728. The molecule has 0 spiro atoms. The predicted molar refractivity (Wildman–Crippen MR) is 36.6 cm³/mol. The zero-order chi connectivity index (χ0) is 10.9. The molecule has 9 heteroatoms. The summed E-state index contributed by atoms with van der Waals surface area (Å²) in [6.45, 7) is 0. The van der Waals surface area contributed by atoms with E-state index < -0.39 is 27.6 Å². The fourth-order valence-electron chi connectivity index (χ4n) is 0.325. The molecule has 0 bridgehead atoms. The van der Waals surface area contributed by atoms with Gasteiger partial charge in [-0.3, -0.25) is 0 Å². The van der Waals surface area contributed by atoms with E-state index in [1.807, 2.05) is 0 Å². The molecule has 0 aromatic carbocycles. The summed E-state index contributed by atoms with van der Waals surface area (Å²) < 4.78 is 59.6. The van der Waals surface area contributed by atoms with E-state index in [1.54, 1.807) is 0 Å². The zero-order valence-electron chi connectivity index (χ0n) is 6.13. The minimum absolute atomic E-state index is 0.407. The van der Waals surface area contributed by atoms with Crippen LogP contribution in [-0.2, 0) is 19.1 Å². The van der Waals surface area contributed by atoms with Gasteiger partial charge in [0.25, 0.3) is 6.17 Å². The van der Waals surface area contributed by atoms with Crippen molar-refractivity contribution in [3.8, 4) is 0 Å². The lowest BCUT2D eigenvalue weighted by atomic mass is 10.4. The topological polar surface area (TPSA) is 60.4 Å². The highest BCUT2D eigenvalue weighted by Crippen LogP contribution is 2.27. The Hall–Kier alpha value is -0.500. The summed E-state index contributed by atoms with van der Waals surface area (Å²) >= 11 is 4.10. The number of halogens is 4. The average Bonchev–Trinajstić information content (AvgIpc) is 1.79. The monoisotopic (exact) mass is 240 g/mol. The van der Waals surface area contributed by atoms with Crippen molar-refractivity contribution < 1.29 is 30.6 Å². The molecular formula is C4H4ClF3O4S. The third-order valence-corrected chi connectivity index (χ3v) is 1.39. The van der Waals surface area contributed by atoms with Gasteiger partial charge in [-0.2, -0.15) is 17.2 Å². The fraction of sp³-hybridized carbons (Fsp3) is 0.750. The van der Waals surface area contributed by atoms with E-state index in [1.165, 1.54) is 0 Å². The Morgan fingerprint density at radius 2 is 1.92 bits per heavy atom. The molecule has 0 aromatic heterocycles. The quantitative estimate of drug-likeness (QED) is 0.537. The van der Waals surface area contributed by atoms with E-state index in [4.69, 9.17) is 0 Å². The highest BCUT2D eigenvalue weighted by Gasteiger charge is 2.45. The van der Waals surface area contributed by atoms with Gasteiger partial charge in [-0.05, 0) is 11.6 Å². The van der Waals surface area contributed by atoms with Crippen molar-refractivity contribution in [2.45, 2.75) is 11.6 Å². The first-order valence-corrected chi connectivity index (χ1v) is 4.87. The maximum Gasteiger partial charge on any atom is 0.364 e. The minimum Gasteiger partial charge on any atom is -0.343 e. The van der Waals surface area contributed by atoms with Crippen LogP contribution in [0.1, 0.15) is 0 Å². The van der Waals surface area contributed by atoms with E-state index in [0.29, 0.717) is 6.26 Å². The van der Waals surface area contributed by atoms with E-state index in [2.05, 4.69) is 15.8 Å². The molecule has 0 rings (SSSR count). The van der Waals surface area contributed by atoms with Gasteiger partial charge in [0, 0.05) is 0 Å². The SMILES string of the molecule is CS(=O)(=O)OC(=O)C(F)C(F)(F)Cl. The normalized spacial score (nSPS) is 15.2. The van der Waals surface area contributed by atoms with Crippen molar-refractivity contribution in [1.29, 1.82) is 0 Å². The maximum atomic E-state index is 12.2. The minimum atomic E-state index is -4.48. The molecule has 78 valence electrons. The van der Waals surface area contributed by atoms with Crippen molar-refractivity contribution in [3.63, 3.8) is 0 Å². The smallest absolute Gasteiger partial charge is 0.343 e. The highest BCUT2D eigenvalue weighted by molar-refractivity contribution is 7.86. The molecule has 0 saturated carbocycles. The molecule has 0 radical (unpaired) electrons. The molecular weight excluding hydrogens is 237 g/mol. The fourth-order valence-corrected chi connectivity index (χ4v) is 0.797. The van der Waals surface area contributed by atoms with Gasteiger partial charge in [-0.1, -0.05) is 0 Å². The Balaban J connectivity index is 4.48. The van der Waals surface area contributed by atoms with Crippen LogP contribution in [0, 0.1) is 0 Å². The molecule has 0 amide bonds. The van der Waals surface area contributed by atoms with Gasteiger partial charge in [0.1, 0.15) is 0 Å². The first-order valence-electron chi connectivity index (χ1n) is 2.68. The van der Waals surface area contributed by atoms with Crippen molar-refractivity contribution in [1.82, 2.24) is 0 Å². The summed E-state index contributed by atoms with van der Waals surface area (Å²) in [7, 11) is -4.31. The average molecular weight is 241 g/mol. The van der Waals surface area contributed by atoms with Crippen LogP contribution in [0.25, 0.3) is 0 Å². The number of carbonyl (C=O) groups is 1. The number of hydrogen-bond donors (Lipinski definition) is 0. The summed E-state index contributed by atoms with van der Waals surface area (Å²) in [5.41, 5.74) is 0. The van der Waals surface area contributed by atoms with Crippen LogP contribution in [-0.4, -0.2) is 32.2 Å². The van der Waals surface area contributed by atoms with Gasteiger partial charge in [0.2, 0.25) is 0 Å². The molecule has 13 heavy (non-hydrogen) atoms. The maximum absolute atomic E-state index is 12.2. The highest BCUT2D eigenvalue weighted by atomic mass is 35.5. The van der Waals surface area contributed by atoms with Gasteiger partial charge >= 0.3 is 21.5 Å². The molecule has 1 unspecified atom stereocenters. The van der Waals surface area contributed by atoms with E-state index in [0.717, 1.165) is 0 Å². The number of carbonyl (C=O) groups excluding carboxylic acids is 1. The second-order valence-electron chi connectivity index (χ2n) is 2.01. The van der Waals surface area contributed by atoms with Crippen molar-refractivity contribution in [3.05, 3.63) is 0 Å². The first kappa shape index (κ1) is 12.5. The Labute approximate surface area is 76.7 Å². The summed E-state index contributed by atoms with van der Waals surface area (Å²) in [4.78, 5) is 10.3. The van der Waals surface area contributed by atoms with Crippen LogP contribution in [0.15, 0.2) is 0 Å². The number of hydrogen-bond acceptors (Lipinski definition) is 4. The van der Waals surface area contributed by atoms with Gasteiger partial charge in [-0.15, -0.1) is 0 Å². The summed E-state index contributed by atoms with van der Waals surface area (Å²) in [5.74, 6) is -2.25. The van der Waals surface area contributed by atoms with Crippen molar-refractivity contribution in [2.24, 2.45) is 0 Å². The van der Waals surface area contributed by atoms with Crippen LogP contribution >= 0.6 is 11.6 Å². The third kappa shape index (κ3) is 4.94. The molecule has 0 aliphatic carbocycles. The standard InChI is InChI=1S/C4H4ClF3O4S/c1-13(10,11)12-3(9)2(6)4(5,7)8/h2H,1H3. The lowest BCUT2D eigenvalue weighted by molar-refractivity contribution is -0.147. The van der Waals surface area contributed by atoms with Crippen LogP contribution in [0.5, 0.6) is 0 Å². The molecule has 0 saturated heterocycles. The second kappa shape index (κ2) is 3.70. The number of rotatable bonds is 3. The number of alkyl halides is 4. The largest absolute Gasteiger partial charge is 0.364 e. The molecule has 0 aromatic rings. The zero-order valence-corrected chi connectivity index (χ0v) is 7.70. The summed E-state index contributed by atoms with van der Waals surface area (Å²) in [6.07, 6.45) is -3.10. The van der Waals surface area contributed by atoms with E-state index >= 15 is 0 Å². The second-order valence-corrected chi connectivity index (χ2v) is 4.09. The molecule has 1 atom stereocenters. The molecule has 0 aliphatic heterocycles. The molecule has 0 aliphatic rings. The molecule has 0 N–H and O–H groups in total. The van der Waals surface area contributed by atoms with Gasteiger partial charge in [-0.25, -0.2) is 9.18 Å². The van der Waals surface area contributed by atoms with Crippen molar-refractivity contribution >= 4 is 27.7 Å². The summed E-state index contributed by atoms with van der Waals surface area (Å²) in [6, 6.07) is 0. The molecule has 0 fully saturated rings. The van der Waals surface area contributed by atoms with Crippen LogP contribution in [0.4, 0.5) is 13.2 Å². The molecule has 0 heterocycles. The van der Waals surface area contributed by atoms with Gasteiger partial charge in [0.05, 0.1) is 6.26 Å². The van der Waals surface area contributed by atoms with Crippen LogP contribution in [0.2, 0.25) is 0 Å². The molecule has 4 nitrogen and oxygen atoms in total. The van der Waals surface area contributed by atoms with Gasteiger partial charge in [0.15, 0.2) is 0 Å². The Bertz CT molecular complexity index is 295.